The first-order chi connectivity index (χ1) is 10.3. The first-order valence-corrected chi connectivity index (χ1v) is 7.68. The molecule has 0 radical (unpaired) electrons. The molecular formula is C18H13ClN2. The summed E-state index contributed by atoms with van der Waals surface area (Å²) < 4.78 is 2.34. The molecule has 21 heavy (non-hydrogen) atoms. The molecule has 0 N–H and O–H groups in total. The van der Waals surface area contributed by atoms with E-state index in [1.165, 1.54) is 40.5 Å². The van der Waals surface area contributed by atoms with Gasteiger partial charge in [0.2, 0.25) is 0 Å². The van der Waals surface area contributed by atoms with Crippen molar-refractivity contribution >= 4 is 38.9 Å². The van der Waals surface area contributed by atoms with Gasteiger partial charge in [-0.15, -0.1) is 0 Å². The van der Waals surface area contributed by atoms with E-state index in [1.807, 2.05) is 12.1 Å². The minimum Gasteiger partial charge on any atom is -0.297 e. The van der Waals surface area contributed by atoms with Crippen LogP contribution >= 0.6 is 11.6 Å². The Kier molecular flexibility index (Phi) is 2.20. The summed E-state index contributed by atoms with van der Waals surface area (Å²) in [6.45, 7) is 0. The Balaban J connectivity index is 2.06. The van der Waals surface area contributed by atoms with Gasteiger partial charge < -0.3 is 0 Å². The molecule has 102 valence electrons. The summed E-state index contributed by atoms with van der Waals surface area (Å²) in [6.07, 6.45) is 2.47. The van der Waals surface area contributed by atoms with E-state index in [2.05, 4.69) is 40.8 Å². The van der Waals surface area contributed by atoms with Crippen molar-refractivity contribution in [3.8, 4) is 0 Å². The van der Waals surface area contributed by atoms with Gasteiger partial charge in [-0.3, -0.25) is 4.40 Å². The van der Waals surface area contributed by atoms with Crippen LogP contribution in [0.25, 0.3) is 27.3 Å². The number of benzene rings is 2. The number of para-hydroxylation sites is 1. The Labute approximate surface area is 127 Å². The Bertz CT molecular complexity index is 1010. The molecule has 1 saturated carbocycles. The fourth-order valence-corrected chi connectivity index (χ4v) is 3.37. The Morgan fingerprint density at radius 2 is 1.86 bits per heavy atom. The first kappa shape index (κ1) is 11.6. The minimum atomic E-state index is 0.590. The van der Waals surface area contributed by atoms with Crippen LogP contribution in [0.1, 0.15) is 24.6 Å². The lowest BCUT2D eigenvalue weighted by molar-refractivity contribution is 0.921. The zero-order chi connectivity index (χ0) is 14.0. The molecule has 0 spiro atoms. The van der Waals surface area contributed by atoms with Gasteiger partial charge in [0, 0.05) is 21.7 Å². The van der Waals surface area contributed by atoms with Gasteiger partial charge in [-0.05, 0) is 43.2 Å². The van der Waals surface area contributed by atoms with Crippen LogP contribution in [0.2, 0.25) is 5.02 Å². The lowest BCUT2D eigenvalue weighted by Gasteiger charge is -2.09. The number of aromatic nitrogens is 2. The molecule has 2 heterocycles. The van der Waals surface area contributed by atoms with Crippen LogP contribution in [-0.4, -0.2) is 9.38 Å². The van der Waals surface area contributed by atoms with Crippen molar-refractivity contribution in [3.63, 3.8) is 0 Å². The van der Waals surface area contributed by atoms with Gasteiger partial charge in [-0.2, -0.15) is 0 Å². The summed E-state index contributed by atoms with van der Waals surface area (Å²) in [5.41, 5.74) is 3.48. The predicted molar refractivity (Wildman–Crippen MR) is 87.2 cm³/mol. The maximum Gasteiger partial charge on any atom is 0.117 e. The molecule has 1 aliphatic rings. The fraction of sp³-hybridized carbons (Fsp3) is 0.167. The van der Waals surface area contributed by atoms with Crippen LogP contribution in [0.3, 0.4) is 0 Å². The van der Waals surface area contributed by atoms with Gasteiger partial charge in [-0.25, -0.2) is 4.98 Å². The molecule has 2 aromatic heterocycles. The second kappa shape index (κ2) is 3.99. The van der Waals surface area contributed by atoms with Crippen LogP contribution in [0.5, 0.6) is 0 Å². The summed E-state index contributed by atoms with van der Waals surface area (Å²) in [4.78, 5) is 4.93. The van der Waals surface area contributed by atoms with E-state index in [-0.39, 0.29) is 0 Å². The molecule has 2 aromatic carbocycles. The summed E-state index contributed by atoms with van der Waals surface area (Å²) in [7, 11) is 0. The summed E-state index contributed by atoms with van der Waals surface area (Å²) >= 11 is 6.15. The Morgan fingerprint density at radius 3 is 2.71 bits per heavy atom. The van der Waals surface area contributed by atoms with Crippen molar-refractivity contribution in [1.82, 2.24) is 9.38 Å². The van der Waals surface area contributed by atoms with E-state index in [0.29, 0.717) is 5.92 Å². The molecule has 2 nitrogen and oxygen atoms in total. The Hall–Kier alpha value is -2.06. The lowest BCUT2D eigenvalue weighted by atomic mass is 10.2. The Morgan fingerprint density at radius 1 is 1.00 bits per heavy atom. The smallest absolute Gasteiger partial charge is 0.117 e. The number of hydrogen-bond donors (Lipinski definition) is 0. The van der Waals surface area contributed by atoms with Crippen molar-refractivity contribution < 1.29 is 0 Å². The molecule has 4 aromatic rings. The van der Waals surface area contributed by atoms with Crippen LogP contribution in [0, 0.1) is 0 Å². The third kappa shape index (κ3) is 1.63. The highest BCUT2D eigenvalue weighted by molar-refractivity contribution is 6.31. The lowest BCUT2D eigenvalue weighted by Crippen LogP contribution is -2.00. The van der Waals surface area contributed by atoms with Gasteiger partial charge >= 0.3 is 0 Å². The molecule has 0 aliphatic heterocycles. The minimum absolute atomic E-state index is 0.590. The van der Waals surface area contributed by atoms with Crippen LogP contribution in [0.4, 0.5) is 0 Å². The van der Waals surface area contributed by atoms with E-state index in [0.717, 1.165) is 10.5 Å². The molecule has 3 heteroatoms. The fourth-order valence-electron chi connectivity index (χ4n) is 3.20. The zero-order valence-electron chi connectivity index (χ0n) is 11.4. The van der Waals surface area contributed by atoms with Crippen LogP contribution in [-0.2, 0) is 0 Å². The average Bonchev–Trinajstić information content (AvgIpc) is 3.26. The number of fused-ring (bicyclic) bond motifs is 5. The quantitative estimate of drug-likeness (QED) is 0.473. The van der Waals surface area contributed by atoms with Crippen molar-refractivity contribution in [2.75, 3.05) is 0 Å². The van der Waals surface area contributed by atoms with Crippen molar-refractivity contribution in [2.24, 2.45) is 0 Å². The third-order valence-electron chi connectivity index (χ3n) is 4.35. The molecule has 0 unspecified atom stereocenters. The number of halogens is 1. The molecule has 0 saturated heterocycles. The normalized spacial score (nSPS) is 15.3. The molecule has 1 fully saturated rings. The van der Waals surface area contributed by atoms with Crippen LogP contribution in [0.15, 0.2) is 48.5 Å². The third-order valence-corrected chi connectivity index (χ3v) is 4.59. The largest absolute Gasteiger partial charge is 0.297 e. The van der Waals surface area contributed by atoms with Crippen LogP contribution < -0.4 is 0 Å². The highest BCUT2D eigenvalue weighted by atomic mass is 35.5. The number of rotatable bonds is 1. The van der Waals surface area contributed by atoms with E-state index in [1.54, 1.807) is 0 Å². The summed E-state index contributed by atoms with van der Waals surface area (Å²) in [5, 5.41) is 3.18. The molecule has 1 aliphatic carbocycles. The molecule has 5 rings (SSSR count). The van der Waals surface area contributed by atoms with Gasteiger partial charge in [0.1, 0.15) is 5.82 Å². The summed E-state index contributed by atoms with van der Waals surface area (Å²) in [5.74, 6) is 1.77. The van der Waals surface area contributed by atoms with E-state index >= 15 is 0 Å². The van der Waals surface area contributed by atoms with Gasteiger partial charge in [0.15, 0.2) is 0 Å². The maximum absolute atomic E-state index is 6.15. The topological polar surface area (TPSA) is 17.3 Å². The second-order valence-electron chi connectivity index (χ2n) is 5.83. The zero-order valence-corrected chi connectivity index (χ0v) is 12.1. The second-order valence-corrected chi connectivity index (χ2v) is 6.27. The maximum atomic E-state index is 6.15. The first-order valence-electron chi connectivity index (χ1n) is 7.30. The average molecular weight is 293 g/mol. The molecular weight excluding hydrogens is 280 g/mol. The van der Waals surface area contributed by atoms with Gasteiger partial charge in [0.05, 0.1) is 16.6 Å². The predicted octanol–water partition coefficient (Wildman–Crippen LogP) is 5.17. The molecule has 0 atom stereocenters. The highest BCUT2D eigenvalue weighted by Gasteiger charge is 2.28. The number of nitrogens with zero attached hydrogens (tertiary/aromatic N) is 2. The van der Waals surface area contributed by atoms with E-state index in [9.17, 15) is 0 Å². The monoisotopic (exact) mass is 292 g/mol. The van der Waals surface area contributed by atoms with Crippen molar-refractivity contribution in [3.05, 3.63) is 59.4 Å². The standard InChI is InChI=1S/C18H13ClN2/c19-13-7-8-14-15(10-13)20-18(11-5-6-11)21-16-4-2-1-3-12(16)9-17(14)21/h1-4,7-11H,5-6H2. The van der Waals surface area contributed by atoms with Gasteiger partial charge in [0.25, 0.3) is 0 Å². The van der Waals surface area contributed by atoms with Crippen molar-refractivity contribution in [2.45, 2.75) is 18.8 Å². The highest BCUT2D eigenvalue weighted by Crippen LogP contribution is 2.41. The van der Waals surface area contributed by atoms with Crippen molar-refractivity contribution in [1.29, 1.82) is 0 Å². The number of hydrogen-bond acceptors (Lipinski definition) is 1. The van der Waals surface area contributed by atoms with Gasteiger partial charge in [-0.1, -0.05) is 29.8 Å². The SMILES string of the molecule is Clc1ccc2c(c1)nc(C1CC1)n1c3ccccc3cc21. The molecule has 0 amide bonds. The molecule has 0 bridgehead atoms. The summed E-state index contributed by atoms with van der Waals surface area (Å²) in [6, 6.07) is 16.8. The van der Waals surface area contributed by atoms with E-state index in [4.69, 9.17) is 16.6 Å². The van der Waals surface area contributed by atoms with E-state index < -0.39 is 0 Å².